The Bertz CT molecular complexity index is 1810. The van der Waals surface area contributed by atoms with Crippen molar-refractivity contribution < 1.29 is 0 Å². The molecule has 38 heavy (non-hydrogen) atoms. The lowest BCUT2D eigenvalue weighted by Gasteiger charge is -2.24. The summed E-state index contributed by atoms with van der Waals surface area (Å²) in [5.74, 6) is 0.676. The van der Waals surface area contributed by atoms with Crippen LogP contribution in [-0.2, 0) is 6.54 Å². The summed E-state index contributed by atoms with van der Waals surface area (Å²) in [6.07, 6.45) is 1.86. The zero-order chi connectivity index (χ0) is 26.4. The highest BCUT2D eigenvalue weighted by atomic mass is 32.1. The van der Waals surface area contributed by atoms with Gasteiger partial charge in [0.15, 0.2) is 0 Å². The zero-order valence-corrected chi connectivity index (χ0v) is 22.7. The Morgan fingerprint density at radius 3 is 2.50 bits per heavy atom. The molecular formula is C31H29N5OS. The molecule has 6 rings (SSSR count). The maximum atomic E-state index is 13.2. The number of hydrogen-bond donors (Lipinski definition) is 1. The van der Waals surface area contributed by atoms with Crippen LogP contribution < -0.4 is 5.56 Å². The van der Waals surface area contributed by atoms with Crippen LogP contribution in [0.5, 0.6) is 0 Å². The summed E-state index contributed by atoms with van der Waals surface area (Å²) in [5, 5.41) is 0.679. The van der Waals surface area contributed by atoms with Gasteiger partial charge >= 0.3 is 0 Å². The molecule has 3 heterocycles. The van der Waals surface area contributed by atoms with Crippen molar-refractivity contribution in [3.8, 4) is 16.8 Å². The molecule has 0 aliphatic heterocycles. The van der Waals surface area contributed by atoms with Crippen molar-refractivity contribution in [3.63, 3.8) is 0 Å². The topological polar surface area (TPSA) is 66.8 Å². The number of aryl methyl sites for hydroxylation is 2. The second kappa shape index (κ2) is 9.67. The second-order valence-corrected chi connectivity index (χ2v) is 11.1. The van der Waals surface area contributed by atoms with Gasteiger partial charge in [-0.25, -0.2) is 9.97 Å². The second-order valence-electron chi connectivity index (χ2n) is 9.88. The van der Waals surface area contributed by atoms with E-state index in [1.165, 1.54) is 11.1 Å². The molecule has 0 radical (unpaired) electrons. The van der Waals surface area contributed by atoms with Crippen LogP contribution in [0, 0.1) is 13.8 Å². The van der Waals surface area contributed by atoms with Gasteiger partial charge in [0.25, 0.3) is 5.56 Å². The molecule has 0 spiro atoms. The summed E-state index contributed by atoms with van der Waals surface area (Å²) in [7, 11) is 2.06. The molecule has 1 N–H and O–H groups in total. The molecule has 0 bridgehead atoms. The first-order valence-corrected chi connectivity index (χ1v) is 13.5. The highest BCUT2D eigenvalue weighted by Gasteiger charge is 2.19. The average Bonchev–Trinajstić information content (AvgIpc) is 3.50. The van der Waals surface area contributed by atoms with Crippen LogP contribution in [0.3, 0.4) is 0 Å². The average molecular weight is 520 g/mol. The molecule has 0 aliphatic carbocycles. The number of hydrogen-bond acceptors (Lipinski definition) is 5. The summed E-state index contributed by atoms with van der Waals surface area (Å²) in [6.45, 7) is 6.83. The van der Waals surface area contributed by atoms with Crippen molar-refractivity contribution in [3.05, 3.63) is 111 Å². The fraction of sp³-hybridized carbons (Fsp3) is 0.194. The van der Waals surface area contributed by atoms with E-state index in [1.54, 1.807) is 11.3 Å². The Labute approximate surface area is 225 Å². The Hall–Kier alpha value is -4.07. The Balaban J connectivity index is 1.23. The van der Waals surface area contributed by atoms with Crippen molar-refractivity contribution in [2.75, 3.05) is 7.05 Å². The minimum Gasteiger partial charge on any atom is -0.309 e. The van der Waals surface area contributed by atoms with Gasteiger partial charge in [0.2, 0.25) is 0 Å². The number of nitrogens with zero attached hydrogens (tertiary/aromatic N) is 4. The molecule has 190 valence electrons. The highest BCUT2D eigenvalue weighted by Crippen LogP contribution is 2.35. The lowest BCUT2D eigenvalue weighted by atomic mass is 10.0. The maximum absolute atomic E-state index is 13.2. The Morgan fingerprint density at radius 1 is 1.00 bits per heavy atom. The largest absolute Gasteiger partial charge is 0.309 e. The SMILES string of the molecule is Cc1ccc(-c2c(C)sc3nc(CN(C)C(C)c4ccc(-n5cnc6ccccc65)cc4)[nH]c(=O)c23)cc1. The van der Waals surface area contributed by atoms with Crippen LogP contribution >= 0.6 is 11.3 Å². The smallest absolute Gasteiger partial charge is 0.260 e. The van der Waals surface area contributed by atoms with Crippen molar-refractivity contribution in [1.82, 2.24) is 24.4 Å². The number of thiophene rings is 1. The van der Waals surface area contributed by atoms with Gasteiger partial charge in [-0.1, -0.05) is 54.1 Å². The van der Waals surface area contributed by atoms with Gasteiger partial charge < -0.3 is 4.98 Å². The van der Waals surface area contributed by atoms with E-state index in [4.69, 9.17) is 4.98 Å². The number of fused-ring (bicyclic) bond motifs is 2. The van der Waals surface area contributed by atoms with Gasteiger partial charge in [0, 0.05) is 22.2 Å². The van der Waals surface area contributed by atoms with Gasteiger partial charge in [-0.15, -0.1) is 11.3 Å². The monoisotopic (exact) mass is 519 g/mol. The van der Waals surface area contributed by atoms with E-state index in [0.29, 0.717) is 17.8 Å². The van der Waals surface area contributed by atoms with Gasteiger partial charge in [-0.05, 0) is 63.2 Å². The molecule has 0 aliphatic rings. The van der Waals surface area contributed by atoms with Crippen LogP contribution in [0.15, 0.2) is 83.9 Å². The first kappa shape index (κ1) is 24.3. The van der Waals surface area contributed by atoms with Crippen molar-refractivity contribution in [2.45, 2.75) is 33.4 Å². The molecule has 7 heteroatoms. The molecule has 0 fully saturated rings. The number of H-pyrrole nitrogens is 1. The van der Waals surface area contributed by atoms with E-state index in [0.717, 1.165) is 37.6 Å². The third-order valence-electron chi connectivity index (χ3n) is 7.29. The van der Waals surface area contributed by atoms with E-state index in [1.807, 2.05) is 24.5 Å². The summed E-state index contributed by atoms with van der Waals surface area (Å²) in [4.78, 5) is 29.7. The molecule has 0 saturated carbocycles. The molecule has 3 aromatic carbocycles. The van der Waals surface area contributed by atoms with Crippen molar-refractivity contribution in [2.24, 2.45) is 0 Å². The first-order valence-electron chi connectivity index (χ1n) is 12.7. The minimum atomic E-state index is -0.0807. The molecule has 1 unspecified atom stereocenters. The lowest BCUT2D eigenvalue weighted by molar-refractivity contribution is 0.247. The van der Waals surface area contributed by atoms with E-state index >= 15 is 0 Å². The molecular weight excluding hydrogens is 490 g/mol. The third-order valence-corrected chi connectivity index (χ3v) is 8.29. The highest BCUT2D eigenvalue weighted by molar-refractivity contribution is 7.19. The van der Waals surface area contributed by atoms with Crippen LogP contribution in [0.2, 0.25) is 0 Å². The normalized spacial score (nSPS) is 12.6. The Kier molecular flexibility index (Phi) is 6.18. The predicted octanol–water partition coefficient (Wildman–Crippen LogP) is 6.80. The summed E-state index contributed by atoms with van der Waals surface area (Å²) < 4.78 is 2.10. The van der Waals surface area contributed by atoms with Crippen LogP contribution in [0.1, 0.15) is 34.8 Å². The quantitative estimate of drug-likeness (QED) is 0.263. The number of imidazole rings is 1. The van der Waals surface area contributed by atoms with Gasteiger partial charge in [-0.2, -0.15) is 0 Å². The molecule has 6 nitrogen and oxygen atoms in total. The number of para-hydroxylation sites is 2. The number of rotatable bonds is 6. The minimum absolute atomic E-state index is 0.0807. The fourth-order valence-electron chi connectivity index (χ4n) is 5.01. The fourth-order valence-corrected chi connectivity index (χ4v) is 6.08. The van der Waals surface area contributed by atoms with E-state index in [9.17, 15) is 4.79 Å². The lowest BCUT2D eigenvalue weighted by Crippen LogP contribution is -2.25. The molecule has 6 aromatic rings. The van der Waals surface area contributed by atoms with Gasteiger partial charge in [0.1, 0.15) is 17.0 Å². The summed E-state index contributed by atoms with van der Waals surface area (Å²) in [6, 6.07) is 25.1. The van der Waals surface area contributed by atoms with E-state index in [-0.39, 0.29) is 11.6 Å². The van der Waals surface area contributed by atoms with Crippen molar-refractivity contribution >= 4 is 32.6 Å². The number of aromatic nitrogens is 4. The molecule has 1 atom stereocenters. The van der Waals surface area contributed by atoms with Crippen LogP contribution in [-0.4, -0.2) is 31.5 Å². The first-order chi connectivity index (χ1) is 18.4. The standard InChI is InChI=1S/C31H29N5OS/c1-19-9-11-23(12-10-19)28-21(3)38-31-29(28)30(37)33-27(34-31)17-35(4)20(2)22-13-15-24(16-14-22)36-18-32-25-7-5-6-8-26(25)36/h5-16,18,20H,17H2,1-4H3,(H,33,34,37). The van der Waals surface area contributed by atoms with Gasteiger partial charge in [-0.3, -0.25) is 14.3 Å². The van der Waals surface area contributed by atoms with Crippen LogP contribution in [0.25, 0.3) is 38.1 Å². The third kappa shape index (κ3) is 4.34. The van der Waals surface area contributed by atoms with Crippen molar-refractivity contribution in [1.29, 1.82) is 0 Å². The summed E-state index contributed by atoms with van der Waals surface area (Å²) >= 11 is 1.58. The number of aromatic amines is 1. The summed E-state index contributed by atoms with van der Waals surface area (Å²) in [5.41, 5.74) is 7.49. The van der Waals surface area contributed by atoms with Crippen LogP contribution in [0.4, 0.5) is 0 Å². The predicted molar refractivity (Wildman–Crippen MR) is 156 cm³/mol. The van der Waals surface area contributed by atoms with Gasteiger partial charge in [0.05, 0.1) is 23.0 Å². The maximum Gasteiger partial charge on any atom is 0.260 e. The molecule has 3 aromatic heterocycles. The molecule has 0 saturated heterocycles. The Morgan fingerprint density at radius 2 is 1.74 bits per heavy atom. The van der Waals surface area contributed by atoms with E-state index < -0.39 is 0 Å². The molecule has 0 amide bonds. The zero-order valence-electron chi connectivity index (χ0n) is 21.9. The van der Waals surface area contributed by atoms with E-state index in [2.05, 4.69) is 102 Å². The number of benzene rings is 3. The number of nitrogens with one attached hydrogen (secondary N) is 1.